The average Bonchev–Trinajstić information content (AvgIpc) is 2.49. The third kappa shape index (κ3) is 6.38. The highest BCUT2D eigenvalue weighted by atomic mass is 16.5. The Hall–Kier alpha value is -1.82. The van der Waals surface area contributed by atoms with Gasteiger partial charge in [-0.3, -0.25) is 0 Å². The summed E-state index contributed by atoms with van der Waals surface area (Å²) in [7, 11) is 3.31. The predicted octanol–water partition coefficient (Wildman–Crippen LogP) is 1.18. The molecule has 0 unspecified atom stereocenters. The number of aliphatic imine (C=N–C) groups is 1. The fraction of sp³-hybridized carbons (Fsp3) is 0.571. The molecule has 0 aliphatic rings. The largest absolute Gasteiger partial charge is 0.481 e. The second-order valence-corrected chi connectivity index (χ2v) is 4.18. The number of aromatic nitrogens is 1. The zero-order valence-electron chi connectivity index (χ0n) is 12.5. The van der Waals surface area contributed by atoms with Crippen molar-refractivity contribution in [3.8, 4) is 5.88 Å². The summed E-state index contributed by atoms with van der Waals surface area (Å²) in [5, 5.41) is 6.47. The maximum atomic E-state index is 5.03. The second kappa shape index (κ2) is 10.0. The average molecular weight is 280 g/mol. The van der Waals surface area contributed by atoms with E-state index in [4.69, 9.17) is 9.47 Å². The molecule has 20 heavy (non-hydrogen) atoms. The molecule has 0 fully saturated rings. The van der Waals surface area contributed by atoms with Crippen molar-refractivity contribution in [2.45, 2.75) is 19.9 Å². The van der Waals surface area contributed by atoms with Crippen molar-refractivity contribution < 1.29 is 9.47 Å². The molecule has 1 aromatic heterocycles. The molecular formula is C14H24N4O2. The molecule has 2 N–H and O–H groups in total. The number of guanidine groups is 1. The molecule has 6 heteroatoms. The third-order valence-electron chi connectivity index (χ3n) is 2.59. The molecule has 0 saturated heterocycles. The Labute approximate surface area is 120 Å². The highest BCUT2D eigenvalue weighted by Gasteiger charge is 1.98. The zero-order valence-corrected chi connectivity index (χ0v) is 12.5. The Morgan fingerprint density at radius 1 is 1.30 bits per heavy atom. The molecule has 112 valence electrons. The van der Waals surface area contributed by atoms with Gasteiger partial charge in [-0.05, 0) is 18.9 Å². The number of nitrogens with one attached hydrogen (secondary N) is 2. The number of rotatable bonds is 8. The highest BCUT2D eigenvalue weighted by molar-refractivity contribution is 5.79. The smallest absolute Gasteiger partial charge is 0.212 e. The van der Waals surface area contributed by atoms with Crippen LogP contribution in [0.4, 0.5) is 0 Å². The standard InChI is InChI=1S/C14H24N4O2/c1-4-15-14(16-8-5-9-19-2)18-11-12-6-7-13(20-3)17-10-12/h6-7,10H,4-5,8-9,11H2,1-3H3,(H2,15,16,18). The Balaban J connectivity index is 2.47. The molecule has 1 heterocycles. The second-order valence-electron chi connectivity index (χ2n) is 4.18. The van der Waals surface area contributed by atoms with Gasteiger partial charge < -0.3 is 20.1 Å². The minimum atomic E-state index is 0.580. The van der Waals surface area contributed by atoms with Gasteiger partial charge in [0.15, 0.2) is 5.96 Å². The summed E-state index contributed by atoms with van der Waals surface area (Å²) in [6.07, 6.45) is 2.72. The van der Waals surface area contributed by atoms with Crippen molar-refractivity contribution in [2.75, 3.05) is 33.9 Å². The van der Waals surface area contributed by atoms with Gasteiger partial charge in [0, 0.05) is 39.1 Å². The molecule has 0 spiro atoms. The topological polar surface area (TPSA) is 67.8 Å². The molecule has 0 radical (unpaired) electrons. The summed E-state index contributed by atoms with van der Waals surface area (Å²) in [5.41, 5.74) is 1.04. The van der Waals surface area contributed by atoms with Gasteiger partial charge in [0.1, 0.15) is 0 Å². The van der Waals surface area contributed by atoms with Crippen LogP contribution in [0.5, 0.6) is 5.88 Å². The van der Waals surface area contributed by atoms with Crippen molar-refractivity contribution in [2.24, 2.45) is 4.99 Å². The van der Waals surface area contributed by atoms with Crippen LogP contribution in [0.15, 0.2) is 23.3 Å². The lowest BCUT2D eigenvalue weighted by Crippen LogP contribution is -2.38. The number of hydrogen-bond acceptors (Lipinski definition) is 4. The summed E-state index contributed by atoms with van der Waals surface area (Å²) >= 11 is 0. The van der Waals surface area contributed by atoms with E-state index >= 15 is 0 Å². The third-order valence-corrected chi connectivity index (χ3v) is 2.59. The molecule has 0 atom stereocenters. The Kier molecular flexibility index (Phi) is 8.14. The van der Waals surface area contributed by atoms with Gasteiger partial charge in [0.05, 0.1) is 13.7 Å². The van der Waals surface area contributed by atoms with Gasteiger partial charge >= 0.3 is 0 Å². The van der Waals surface area contributed by atoms with E-state index in [9.17, 15) is 0 Å². The van der Waals surface area contributed by atoms with Gasteiger partial charge in [0.2, 0.25) is 5.88 Å². The van der Waals surface area contributed by atoms with E-state index in [0.717, 1.165) is 37.6 Å². The summed E-state index contributed by atoms with van der Waals surface area (Å²) in [4.78, 5) is 8.67. The van der Waals surface area contributed by atoms with E-state index < -0.39 is 0 Å². The van der Waals surface area contributed by atoms with Crippen molar-refractivity contribution >= 4 is 5.96 Å². The van der Waals surface area contributed by atoms with E-state index in [-0.39, 0.29) is 0 Å². The maximum absolute atomic E-state index is 5.03. The van der Waals surface area contributed by atoms with Gasteiger partial charge in [-0.15, -0.1) is 0 Å². The lowest BCUT2D eigenvalue weighted by Gasteiger charge is -2.11. The van der Waals surface area contributed by atoms with Gasteiger partial charge in [-0.1, -0.05) is 6.07 Å². The van der Waals surface area contributed by atoms with Crippen LogP contribution in [0.3, 0.4) is 0 Å². The molecule has 0 bridgehead atoms. The molecule has 0 aromatic carbocycles. The monoisotopic (exact) mass is 280 g/mol. The summed E-state index contributed by atoms with van der Waals surface area (Å²) in [6, 6.07) is 3.80. The van der Waals surface area contributed by atoms with E-state index in [1.54, 1.807) is 20.4 Å². The van der Waals surface area contributed by atoms with Gasteiger partial charge in [-0.25, -0.2) is 9.98 Å². The molecule has 0 saturated carbocycles. The van der Waals surface area contributed by atoms with Crippen LogP contribution in [-0.4, -0.2) is 44.9 Å². The summed E-state index contributed by atoms with van der Waals surface area (Å²) < 4.78 is 10.0. The molecule has 6 nitrogen and oxygen atoms in total. The van der Waals surface area contributed by atoms with Crippen LogP contribution in [0, 0.1) is 0 Å². The van der Waals surface area contributed by atoms with Gasteiger partial charge in [0.25, 0.3) is 0 Å². The van der Waals surface area contributed by atoms with Crippen molar-refractivity contribution in [1.29, 1.82) is 0 Å². The van der Waals surface area contributed by atoms with Crippen LogP contribution in [0.2, 0.25) is 0 Å². The van der Waals surface area contributed by atoms with E-state index in [0.29, 0.717) is 12.4 Å². The molecule has 0 amide bonds. The zero-order chi connectivity index (χ0) is 14.6. The highest BCUT2D eigenvalue weighted by Crippen LogP contribution is 2.07. The Morgan fingerprint density at radius 2 is 2.15 bits per heavy atom. The van der Waals surface area contributed by atoms with Gasteiger partial charge in [-0.2, -0.15) is 0 Å². The Morgan fingerprint density at radius 3 is 2.75 bits per heavy atom. The molecule has 1 aromatic rings. The summed E-state index contributed by atoms with van der Waals surface area (Å²) in [5.74, 6) is 1.42. The molecule has 0 aliphatic carbocycles. The first kappa shape index (κ1) is 16.2. The quantitative estimate of drug-likeness (QED) is 0.425. The van der Waals surface area contributed by atoms with Crippen LogP contribution in [0.25, 0.3) is 0 Å². The first-order valence-electron chi connectivity index (χ1n) is 6.80. The first-order valence-corrected chi connectivity index (χ1v) is 6.80. The number of pyridine rings is 1. The number of nitrogens with zero attached hydrogens (tertiary/aromatic N) is 2. The minimum Gasteiger partial charge on any atom is -0.481 e. The van der Waals surface area contributed by atoms with Crippen LogP contribution in [-0.2, 0) is 11.3 Å². The fourth-order valence-electron chi connectivity index (χ4n) is 1.56. The maximum Gasteiger partial charge on any atom is 0.212 e. The number of methoxy groups -OCH3 is 2. The van der Waals surface area contributed by atoms with Crippen molar-refractivity contribution in [3.63, 3.8) is 0 Å². The normalized spacial score (nSPS) is 11.2. The number of hydrogen-bond donors (Lipinski definition) is 2. The van der Waals surface area contributed by atoms with E-state index in [2.05, 4.69) is 20.6 Å². The van der Waals surface area contributed by atoms with Crippen LogP contribution < -0.4 is 15.4 Å². The Bertz CT molecular complexity index is 393. The summed E-state index contributed by atoms with van der Waals surface area (Å²) in [6.45, 7) is 5.03. The molecule has 1 rings (SSSR count). The number of ether oxygens (including phenoxy) is 2. The van der Waals surface area contributed by atoms with E-state index in [1.807, 2.05) is 19.1 Å². The van der Waals surface area contributed by atoms with Crippen molar-refractivity contribution in [3.05, 3.63) is 23.9 Å². The van der Waals surface area contributed by atoms with E-state index in [1.165, 1.54) is 0 Å². The fourth-order valence-corrected chi connectivity index (χ4v) is 1.56. The lowest BCUT2D eigenvalue weighted by molar-refractivity contribution is 0.195. The first-order chi connectivity index (χ1) is 9.80. The minimum absolute atomic E-state index is 0.580. The predicted molar refractivity (Wildman–Crippen MR) is 80.1 cm³/mol. The molecular weight excluding hydrogens is 256 g/mol. The van der Waals surface area contributed by atoms with Crippen LogP contribution in [0.1, 0.15) is 18.9 Å². The van der Waals surface area contributed by atoms with Crippen molar-refractivity contribution in [1.82, 2.24) is 15.6 Å². The lowest BCUT2D eigenvalue weighted by atomic mass is 10.3. The SMILES string of the molecule is CCNC(=NCc1ccc(OC)nc1)NCCCOC. The molecule has 0 aliphatic heterocycles. The van der Waals surface area contributed by atoms with Crippen LogP contribution >= 0.6 is 0 Å².